The number of ether oxygens (including phenoxy) is 3. The first kappa shape index (κ1) is 22.7. The van der Waals surface area contributed by atoms with Gasteiger partial charge in [0.15, 0.2) is 15.8 Å². The molecule has 1 aliphatic heterocycles. The number of carbonyl (C=O) groups excluding carboxylic acids is 2. The van der Waals surface area contributed by atoms with Crippen LogP contribution in [0.2, 0.25) is 0 Å². The highest BCUT2D eigenvalue weighted by Crippen LogP contribution is 2.32. The summed E-state index contributed by atoms with van der Waals surface area (Å²) in [6.07, 6.45) is 0.789. The molecule has 2 aromatic carbocycles. The number of thioether (sulfide) groups is 1. The number of carbonyl (C=O) groups is 2. The zero-order chi connectivity index (χ0) is 23.0. The van der Waals surface area contributed by atoms with Crippen LogP contribution in [0.15, 0.2) is 46.8 Å². The lowest BCUT2D eigenvalue weighted by Gasteiger charge is -2.10. The second-order valence-electron chi connectivity index (χ2n) is 6.73. The molecule has 0 saturated heterocycles. The fourth-order valence-electron chi connectivity index (χ4n) is 2.84. The Morgan fingerprint density at radius 2 is 1.94 bits per heavy atom. The van der Waals surface area contributed by atoms with Crippen LogP contribution < -0.4 is 30.2 Å². The Kier molecular flexibility index (Phi) is 7.47. The molecule has 3 amide bonds. The molecular formula is C21H21N5O5S2. The molecule has 2 heterocycles. The zero-order valence-corrected chi connectivity index (χ0v) is 19.3. The van der Waals surface area contributed by atoms with Crippen LogP contribution in [-0.4, -0.2) is 48.2 Å². The number of anilines is 3. The van der Waals surface area contributed by atoms with Crippen molar-refractivity contribution in [1.29, 1.82) is 0 Å². The van der Waals surface area contributed by atoms with Crippen LogP contribution >= 0.6 is 23.1 Å². The monoisotopic (exact) mass is 487 g/mol. The summed E-state index contributed by atoms with van der Waals surface area (Å²) in [4.78, 5) is 24.3. The number of imide groups is 1. The van der Waals surface area contributed by atoms with E-state index in [0.29, 0.717) is 39.9 Å². The topological polar surface area (TPSA) is 124 Å². The SMILES string of the molecule is COc1cccc(Nc2nnc(SCC(=O)NC(=O)Nc3ccc4c(c3)OCCCO4)s2)c1. The van der Waals surface area contributed by atoms with E-state index in [1.165, 1.54) is 23.1 Å². The molecule has 0 radical (unpaired) electrons. The summed E-state index contributed by atoms with van der Waals surface area (Å²) in [6.45, 7) is 1.13. The van der Waals surface area contributed by atoms with Gasteiger partial charge < -0.3 is 24.8 Å². The van der Waals surface area contributed by atoms with Crippen molar-refractivity contribution in [3.8, 4) is 17.2 Å². The van der Waals surface area contributed by atoms with Crippen molar-refractivity contribution in [3.63, 3.8) is 0 Å². The summed E-state index contributed by atoms with van der Waals surface area (Å²) in [5, 5.41) is 16.8. The van der Waals surface area contributed by atoms with E-state index in [0.717, 1.165) is 17.9 Å². The molecule has 12 heteroatoms. The minimum Gasteiger partial charge on any atom is -0.497 e. The van der Waals surface area contributed by atoms with Gasteiger partial charge in [0.05, 0.1) is 26.1 Å². The van der Waals surface area contributed by atoms with Gasteiger partial charge in [0.2, 0.25) is 11.0 Å². The van der Waals surface area contributed by atoms with Crippen molar-refractivity contribution in [2.75, 3.05) is 36.7 Å². The Hall–Kier alpha value is -3.51. The molecule has 0 unspecified atom stereocenters. The van der Waals surface area contributed by atoms with E-state index in [1.807, 2.05) is 24.3 Å². The predicted octanol–water partition coefficient (Wildman–Crippen LogP) is 3.89. The second kappa shape index (κ2) is 10.9. The molecule has 33 heavy (non-hydrogen) atoms. The van der Waals surface area contributed by atoms with Crippen LogP contribution in [0.25, 0.3) is 0 Å². The third kappa shape index (κ3) is 6.49. The Morgan fingerprint density at radius 3 is 2.79 bits per heavy atom. The van der Waals surface area contributed by atoms with Crippen LogP contribution in [-0.2, 0) is 4.79 Å². The standard InChI is InChI=1S/C21H21N5O5S2/c1-29-15-5-2-4-13(10-15)23-20-25-26-21(33-20)32-12-18(27)24-19(28)22-14-6-7-16-17(11-14)31-9-3-8-30-16/h2,4-7,10-11H,3,8-9,12H2,1H3,(H,23,25)(H2,22,24,27,28). The minimum atomic E-state index is -0.632. The Bertz CT molecular complexity index is 1140. The number of methoxy groups -OCH3 is 1. The maximum atomic E-state index is 12.2. The van der Waals surface area contributed by atoms with Crippen molar-refractivity contribution in [3.05, 3.63) is 42.5 Å². The number of aromatic nitrogens is 2. The summed E-state index contributed by atoms with van der Waals surface area (Å²) < 4.78 is 17.0. The lowest BCUT2D eigenvalue weighted by Crippen LogP contribution is -2.35. The molecular weight excluding hydrogens is 466 g/mol. The molecule has 0 saturated carbocycles. The molecule has 1 aromatic heterocycles. The number of urea groups is 1. The molecule has 0 fully saturated rings. The Balaban J connectivity index is 1.24. The van der Waals surface area contributed by atoms with E-state index in [1.54, 1.807) is 25.3 Å². The van der Waals surface area contributed by atoms with Gasteiger partial charge in [0, 0.05) is 29.9 Å². The number of benzene rings is 2. The average Bonchev–Trinajstić information content (AvgIpc) is 3.12. The highest BCUT2D eigenvalue weighted by Gasteiger charge is 2.14. The number of hydrogen-bond donors (Lipinski definition) is 3. The fourth-order valence-corrected chi connectivity index (χ4v) is 4.41. The van der Waals surface area contributed by atoms with Crippen LogP contribution in [0.3, 0.4) is 0 Å². The van der Waals surface area contributed by atoms with E-state index < -0.39 is 11.9 Å². The molecule has 4 rings (SSSR count). The molecule has 3 aromatic rings. The first-order chi connectivity index (χ1) is 16.1. The lowest BCUT2D eigenvalue weighted by molar-refractivity contribution is -0.117. The maximum absolute atomic E-state index is 12.2. The number of fused-ring (bicyclic) bond motifs is 1. The zero-order valence-electron chi connectivity index (χ0n) is 17.6. The van der Waals surface area contributed by atoms with Crippen molar-refractivity contribution < 1.29 is 23.8 Å². The van der Waals surface area contributed by atoms with Crippen LogP contribution in [0, 0.1) is 0 Å². The van der Waals surface area contributed by atoms with Gasteiger partial charge in [-0.3, -0.25) is 10.1 Å². The summed E-state index contributed by atoms with van der Waals surface area (Å²) in [5.41, 5.74) is 1.31. The summed E-state index contributed by atoms with van der Waals surface area (Å²) in [7, 11) is 1.60. The van der Waals surface area contributed by atoms with Crippen molar-refractivity contribution in [2.24, 2.45) is 0 Å². The van der Waals surface area contributed by atoms with E-state index in [9.17, 15) is 9.59 Å². The largest absolute Gasteiger partial charge is 0.497 e. The van der Waals surface area contributed by atoms with Crippen LogP contribution in [0.1, 0.15) is 6.42 Å². The molecule has 10 nitrogen and oxygen atoms in total. The summed E-state index contributed by atoms with van der Waals surface area (Å²) in [6, 6.07) is 11.9. The van der Waals surface area contributed by atoms with Gasteiger partial charge in [-0.25, -0.2) is 4.79 Å². The molecule has 0 aliphatic carbocycles. The third-order valence-electron chi connectivity index (χ3n) is 4.31. The number of rotatable bonds is 7. The van der Waals surface area contributed by atoms with Crippen molar-refractivity contribution in [1.82, 2.24) is 15.5 Å². The van der Waals surface area contributed by atoms with Crippen molar-refractivity contribution >= 4 is 51.5 Å². The fraction of sp³-hybridized carbons (Fsp3) is 0.238. The van der Waals surface area contributed by atoms with E-state index in [-0.39, 0.29) is 5.75 Å². The molecule has 3 N–H and O–H groups in total. The Morgan fingerprint density at radius 1 is 1.09 bits per heavy atom. The van der Waals surface area contributed by atoms with Gasteiger partial charge in [-0.2, -0.15) is 0 Å². The molecule has 0 atom stereocenters. The van der Waals surface area contributed by atoms with E-state index in [2.05, 4.69) is 26.1 Å². The van der Waals surface area contributed by atoms with Gasteiger partial charge in [0.25, 0.3) is 0 Å². The first-order valence-corrected chi connectivity index (χ1v) is 11.8. The van der Waals surface area contributed by atoms with E-state index in [4.69, 9.17) is 14.2 Å². The van der Waals surface area contributed by atoms with Crippen molar-refractivity contribution in [2.45, 2.75) is 10.8 Å². The summed E-state index contributed by atoms with van der Waals surface area (Å²) >= 11 is 2.49. The number of hydrogen-bond acceptors (Lipinski definition) is 10. The normalized spacial score (nSPS) is 12.4. The first-order valence-electron chi connectivity index (χ1n) is 9.97. The number of nitrogens with one attached hydrogen (secondary N) is 3. The van der Waals surface area contributed by atoms with Gasteiger partial charge in [0.1, 0.15) is 5.75 Å². The van der Waals surface area contributed by atoms with Gasteiger partial charge in [-0.1, -0.05) is 29.2 Å². The highest BCUT2D eigenvalue weighted by molar-refractivity contribution is 8.01. The van der Waals surface area contributed by atoms with Crippen LogP contribution in [0.5, 0.6) is 17.2 Å². The van der Waals surface area contributed by atoms with Gasteiger partial charge in [-0.05, 0) is 24.3 Å². The quantitative estimate of drug-likeness (QED) is 0.426. The molecule has 0 bridgehead atoms. The van der Waals surface area contributed by atoms with Gasteiger partial charge in [-0.15, -0.1) is 10.2 Å². The highest BCUT2D eigenvalue weighted by atomic mass is 32.2. The average molecular weight is 488 g/mol. The third-order valence-corrected chi connectivity index (χ3v) is 6.28. The maximum Gasteiger partial charge on any atom is 0.325 e. The van der Waals surface area contributed by atoms with Gasteiger partial charge >= 0.3 is 6.03 Å². The Labute approximate surface area is 198 Å². The van der Waals surface area contributed by atoms with Crippen LogP contribution in [0.4, 0.5) is 21.3 Å². The summed E-state index contributed by atoms with van der Waals surface area (Å²) in [5.74, 6) is 1.47. The molecule has 1 aliphatic rings. The minimum absolute atomic E-state index is 0.0162. The second-order valence-corrected chi connectivity index (χ2v) is 8.93. The molecule has 0 spiro atoms. The number of amides is 3. The predicted molar refractivity (Wildman–Crippen MR) is 126 cm³/mol. The molecule has 172 valence electrons. The lowest BCUT2D eigenvalue weighted by atomic mass is 10.3. The van der Waals surface area contributed by atoms with E-state index >= 15 is 0 Å². The smallest absolute Gasteiger partial charge is 0.325 e. The number of nitrogens with zero attached hydrogens (tertiary/aromatic N) is 2.